The van der Waals surface area contributed by atoms with Crippen molar-refractivity contribution in [1.82, 2.24) is 9.97 Å². The maximum absolute atomic E-state index is 12.7. The van der Waals surface area contributed by atoms with Gasteiger partial charge in [0.1, 0.15) is 16.8 Å². The standard InChI is InChI=1S/C24H25N3O4S/c1-5-14(2)31-24(29)15(3)27-19-12-17(9-10-20(19)30-13-21(27)28)22-16(4)32-23(26-22)18-8-6-7-11-25-18/h6-12,14-15H,5,13H2,1-4H3. The van der Waals surface area contributed by atoms with Crippen molar-refractivity contribution in [3.63, 3.8) is 0 Å². The predicted octanol–water partition coefficient (Wildman–Crippen LogP) is 4.64. The van der Waals surface area contributed by atoms with Crippen LogP contribution >= 0.6 is 11.3 Å². The van der Waals surface area contributed by atoms with Crippen LogP contribution in [-0.4, -0.2) is 40.6 Å². The van der Waals surface area contributed by atoms with Gasteiger partial charge in [0.15, 0.2) is 6.61 Å². The molecule has 3 heterocycles. The Bertz CT molecular complexity index is 1150. The Morgan fingerprint density at radius 3 is 2.81 bits per heavy atom. The lowest BCUT2D eigenvalue weighted by Gasteiger charge is -2.33. The highest BCUT2D eigenvalue weighted by Gasteiger charge is 2.35. The minimum Gasteiger partial charge on any atom is -0.482 e. The molecule has 0 spiro atoms. The zero-order valence-corrected chi connectivity index (χ0v) is 19.3. The van der Waals surface area contributed by atoms with E-state index in [-0.39, 0.29) is 18.6 Å². The molecule has 0 saturated carbocycles. The number of amides is 1. The lowest BCUT2D eigenvalue weighted by Crippen LogP contribution is -2.49. The molecule has 0 N–H and O–H groups in total. The van der Waals surface area contributed by atoms with E-state index in [1.165, 1.54) is 4.90 Å². The summed E-state index contributed by atoms with van der Waals surface area (Å²) in [6, 6.07) is 10.5. The molecule has 2 atom stereocenters. The Balaban J connectivity index is 1.70. The highest BCUT2D eigenvalue weighted by Crippen LogP contribution is 2.39. The fraction of sp³-hybridized carbons (Fsp3) is 0.333. The van der Waals surface area contributed by atoms with Gasteiger partial charge in [-0.05, 0) is 57.5 Å². The number of benzene rings is 1. The van der Waals surface area contributed by atoms with Gasteiger partial charge in [0.25, 0.3) is 5.91 Å². The number of aryl methyl sites for hydroxylation is 1. The monoisotopic (exact) mass is 451 g/mol. The van der Waals surface area contributed by atoms with Crippen molar-refractivity contribution in [1.29, 1.82) is 0 Å². The lowest BCUT2D eigenvalue weighted by atomic mass is 10.1. The topological polar surface area (TPSA) is 81.6 Å². The van der Waals surface area contributed by atoms with Crippen molar-refractivity contribution in [2.24, 2.45) is 0 Å². The van der Waals surface area contributed by atoms with E-state index in [4.69, 9.17) is 14.5 Å². The number of pyridine rings is 1. The summed E-state index contributed by atoms with van der Waals surface area (Å²) in [5, 5.41) is 0.825. The summed E-state index contributed by atoms with van der Waals surface area (Å²) in [5.74, 6) is -0.171. The maximum Gasteiger partial charge on any atom is 0.329 e. The number of anilines is 1. The number of rotatable bonds is 6. The Morgan fingerprint density at radius 2 is 2.09 bits per heavy atom. The van der Waals surface area contributed by atoms with Crippen LogP contribution in [0.25, 0.3) is 22.0 Å². The SMILES string of the molecule is CCC(C)OC(=O)C(C)N1C(=O)COc2ccc(-c3nc(-c4ccccn4)sc3C)cc21. The number of hydrogen-bond acceptors (Lipinski definition) is 7. The second-order valence-corrected chi connectivity index (χ2v) is 8.91. The third-order valence-corrected chi connectivity index (χ3v) is 6.41. The van der Waals surface area contributed by atoms with Gasteiger partial charge in [-0.25, -0.2) is 9.78 Å². The molecule has 4 rings (SSSR count). The highest BCUT2D eigenvalue weighted by molar-refractivity contribution is 7.15. The zero-order chi connectivity index (χ0) is 22.8. The van der Waals surface area contributed by atoms with Crippen molar-refractivity contribution in [3.8, 4) is 27.7 Å². The van der Waals surface area contributed by atoms with Crippen LogP contribution in [0, 0.1) is 6.92 Å². The first kappa shape index (κ1) is 22.0. The Morgan fingerprint density at radius 1 is 1.28 bits per heavy atom. The molecule has 7 nitrogen and oxygen atoms in total. The van der Waals surface area contributed by atoms with E-state index in [9.17, 15) is 9.59 Å². The largest absolute Gasteiger partial charge is 0.482 e. The summed E-state index contributed by atoms with van der Waals surface area (Å²) >= 11 is 1.56. The predicted molar refractivity (Wildman–Crippen MR) is 124 cm³/mol. The molecule has 0 aliphatic carbocycles. The lowest BCUT2D eigenvalue weighted by molar-refractivity contribution is -0.150. The van der Waals surface area contributed by atoms with Gasteiger partial charge in [-0.15, -0.1) is 11.3 Å². The van der Waals surface area contributed by atoms with E-state index in [1.54, 1.807) is 24.5 Å². The molecule has 0 radical (unpaired) electrons. The number of ether oxygens (including phenoxy) is 2. The van der Waals surface area contributed by atoms with E-state index in [0.717, 1.165) is 26.8 Å². The number of nitrogens with zero attached hydrogens (tertiary/aromatic N) is 3. The zero-order valence-electron chi connectivity index (χ0n) is 18.5. The first-order valence-electron chi connectivity index (χ1n) is 10.6. The average molecular weight is 452 g/mol. The van der Waals surface area contributed by atoms with Crippen LogP contribution in [0.1, 0.15) is 32.1 Å². The molecule has 1 aromatic carbocycles. The number of aromatic nitrogens is 2. The molecule has 2 unspecified atom stereocenters. The van der Waals surface area contributed by atoms with Crippen LogP contribution < -0.4 is 9.64 Å². The normalized spacial score (nSPS) is 15.0. The number of hydrogen-bond donors (Lipinski definition) is 0. The van der Waals surface area contributed by atoms with Crippen LogP contribution in [0.5, 0.6) is 5.75 Å². The van der Waals surface area contributed by atoms with E-state index in [2.05, 4.69) is 4.98 Å². The minimum atomic E-state index is -0.769. The Hall–Kier alpha value is -3.26. The summed E-state index contributed by atoms with van der Waals surface area (Å²) in [6.45, 7) is 7.34. The summed E-state index contributed by atoms with van der Waals surface area (Å²) in [4.78, 5) is 37.1. The molecule has 0 bridgehead atoms. The molecule has 8 heteroatoms. The fourth-order valence-electron chi connectivity index (χ4n) is 3.49. The van der Waals surface area contributed by atoms with Crippen LogP contribution in [0.3, 0.4) is 0 Å². The van der Waals surface area contributed by atoms with E-state index < -0.39 is 12.0 Å². The van der Waals surface area contributed by atoms with Crippen molar-refractivity contribution in [3.05, 3.63) is 47.5 Å². The molecule has 1 aliphatic rings. The molecule has 0 fully saturated rings. The maximum atomic E-state index is 12.7. The van der Waals surface area contributed by atoms with Crippen LogP contribution in [0.4, 0.5) is 5.69 Å². The number of thiazole rings is 1. The first-order chi connectivity index (χ1) is 15.4. The molecule has 3 aromatic rings. The van der Waals surface area contributed by atoms with Crippen LogP contribution in [-0.2, 0) is 14.3 Å². The van der Waals surface area contributed by atoms with Gasteiger partial charge >= 0.3 is 5.97 Å². The van der Waals surface area contributed by atoms with Crippen molar-refractivity contribution in [2.45, 2.75) is 46.3 Å². The van der Waals surface area contributed by atoms with Gasteiger partial charge in [0.05, 0.1) is 23.2 Å². The van der Waals surface area contributed by atoms with Crippen LogP contribution in [0.2, 0.25) is 0 Å². The molecule has 0 saturated heterocycles. The summed E-state index contributed by atoms with van der Waals surface area (Å²) in [6.07, 6.45) is 2.23. The van der Waals surface area contributed by atoms with Gasteiger partial charge < -0.3 is 9.47 Å². The summed E-state index contributed by atoms with van der Waals surface area (Å²) in [7, 11) is 0. The Kier molecular flexibility index (Phi) is 6.23. The van der Waals surface area contributed by atoms with E-state index in [1.807, 2.05) is 57.2 Å². The second-order valence-electron chi connectivity index (χ2n) is 7.71. The number of fused-ring (bicyclic) bond motifs is 1. The molecule has 166 valence electrons. The molecular formula is C24H25N3O4S. The third kappa shape index (κ3) is 4.23. The number of carbonyl (C=O) groups excluding carboxylic acids is 2. The average Bonchev–Trinajstić information content (AvgIpc) is 3.20. The van der Waals surface area contributed by atoms with Gasteiger partial charge in [-0.1, -0.05) is 13.0 Å². The van der Waals surface area contributed by atoms with Gasteiger partial charge in [0.2, 0.25) is 0 Å². The van der Waals surface area contributed by atoms with Gasteiger partial charge in [-0.3, -0.25) is 14.7 Å². The van der Waals surface area contributed by atoms with Gasteiger partial charge in [0, 0.05) is 16.6 Å². The van der Waals surface area contributed by atoms with Crippen molar-refractivity contribution >= 4 is 28.9 Å². The minimum absolute atomic E-state index is 0.118. The van der Waals surface area contributed by atoms with E-state index >= 15 is 0 Å². The smallest absolute Gasteiger partial charge is 0.329 e. The molecular weight excluding hydrogens is 426 g/mol. The molecule has 32 heavy (non-hydrogen) atoms. The fourth-order valence-corrected chi connectivity index (χ4v) is 4.40. The molecule has 1 aliphatic heterocycles. The second kappa shape index (κ2) is 9.08. The summed E-state index contributed by atoms with van der Waals surface area (Å²) in [5.41, 5.74) is 3.00. The first-order valence-corrected chi connectivity index (χ1v) is 11.4. The van der Waals surface area contributed by atoms with Crippen molar-refractivity contribution < 1.29 is 19.1 Å². The van der Waals surface area contributed by atoms with E-state index in [0.29, 0.717) is 17.9 Å². The number of carbonyl (C=O) groups is 2. The van der Waals surface area contributed by atoms with Crippen molar-refractivity contribution in [2.75, 3.05) is 11.5 Å². The highest BCUT2D eigenvalue weighted by atomic mass is 32.1. The summed E-state index contributed by atoms with van der Waals surface area (Å²) < 4.78 is 11.1. The Labute approximate surface area is 191 Å². The number of esters is 1. The third-order valence-electron chi connectivity index (χ3n) is 5.41. The molecule has 1 amide bonds. The van der Waals surface area contributed by atoms with Gasteiger partial charge in [-0.2, -0.15) is 0 Å². The quantitative estimate of drug-likeness (QED) is 0.508. The molecule has 2 aromatic heterocycles. The van der Waals surface area contributed by atoms with Crippen LogP contribution in [0.15, 0.2) is 42.6 Å².